The van der Waals surface area contributed by atoms with Crippen molar-refractivity contribution in [2.75, 3.05) is 24.5 Å². The maximum atomic E-state index is 13.7. The second-order valence-electron chi connectivity index (χ2n) is 8.96. The molecule has 2 heterocycles. The quantitative estimate of drug-likeness (QED) is 0.378. The van der Waals surface area contributed by atoms with Crippen LogP contribution in [0.3, 0.4) is 0 Å². The first-order valence-electron chi connectivity index (χ1n) is 11.6. The lowest BCUT2D eigenvalue weighted by atomic mass is 9.78. The molecule has 182 valence electrons. The summed E-state index contributed by atoms with van der Waals surface area (Å²) in [6.45, 7) is -0.00512. The molecule has 3 aromatic rings. The summed E-state index contributed by atoms with van der Waals surface area (Å²) in [5, 5.41) is 18.9. The number of hydrogen-bond donors (Lipinski definition) is 2. The van der Waals surface area contributed by atoms with Crippen molar-refractivity contribution < 1.29 is 23.9 Å². The number of nitrogens with zero attached hydrogens (tertiary/aromatic N) is 1. The van der Waals surface area contributed by atoms with Gasteiger partial charge in [-0.3, -0.25) is 14.9 Å². The number of ketones is 1. The topological polar surface area (TPSA) is 112 Å². The average Bonchev–Trinajstić information content (AvgIpc) is 3.28. The van der Waals surface area contributed by atoms with Gasteiger partial charge in [-0.2, -0.15) is 0 Å². The van der Waals surface area contributed by atoms with Gasteiger partial charge in [-0.05, 0) is 48.2 Å². The summed E-state index contributed by atoms with van der Waals surface area (Å²) in [4.78, 5) is 25.4. The fourth-order valence-corrected chi connectivity index (χ4v) is 5.17. The third-order valence-corrected chi connectivity index (χ3v) is 6.93. The largest absolute Gasteiger partial charge is 0.497 e. The van der Waals surface area contributed by atoms with Crippen LogP contribution in [0.4, 0.5) is 17.1 Å². The summed E-state index contributed by atoms with van der Waals surface area (Å²) in [7, 11) is 1.62. The van der Waals surface area contributed by atoms with Gasteiger partial charge in [-0.15, -0.1) is 0 Å². The van der Waals surface area contributed by atoms with Crippen LogP contribution in [0.15, 0.2) is 71.9 Å². The first-order valence-corrected chi connectivity index (χ1v) is 11.6. The first kappa shape index (κ1) is 22.0. The van der Waals surface area contributed by atoms with Gasteiger partial charge in [0.05, 0.1) is 41.1 Å². The van der Waals surface area contributed by atoms with Crippen molar-refractivity contribution in [2.24, 2.45) is 0 Å². The number of ether oxygens (including phenoxy) is 3. The SMILES string of the molecule is COc1ccc([C@H]2CC(=O)C3=C(C2)Nc2ccccc2N[C@H]3c2cc3c(cc2[N+](=O)[O-])OCO3)cc1. The lowest BCUT2D eigenvalue weighted by Gasteiger charge is -2.30. The normalized spacial score (nSPS) is 20.0. The van der Waals surface area contributed by atoms with Crippen LogP contribution in [0.5, 0.6) is 17.2 Å². The standard InChI is InChI=1S/C27H23N3O6/c1-34-17-8-6-15(7-9-17)16-10-21-26(23(31)11-16)27(29-20-5-3-2-4-19(20)28-21)18-12-24-25(36-14-35-24)13-22(18)30(32)33/h2-9,12-13,16,27-29H,10-11,14H2,1H3/t16-,27+/m1/s1. The molecule has 2 atom stereocenters. The second-order valence-corrected chi connectivity index (χ2v) is 8.96. The number of benzene rings is 3. The van der Waals surface area contributed by atoms with Crippen LogP contribution >= 0.6 is 0 Å². The highest BCUT2D eigenvalue weighted by Crippen LogP contribution is 2.48. The number of Topliss-reactive ketones (excluding diaryl/α,β-unsaturated/α-hetero) is 1. The molecule has 9 nitrogen and oxygen atoms in total. The Balaban J connectivity index is 1.48. The summed E-state index contributed by atoms with van der Waals surface area (Å²) in [6, 6.07) is 17.6. The molecule has 0 saturated carbocycles. The number of anilines is 2. The van der Waals surface area contributed by atoms with Crippen LogP contribution in [-0.2, 0) is 4.79 Å². The van der Waals surface area contributed by atoms with Crippen LogP contribution < -0.4 is 24.8 Å². The number of nitro groups is 1. The van der Waals surface area contributed by atoms with Gasteiger partial charge < -0.3 is 24.8 Å². The van der Waals surface area contributed by atoms with E-state index >= 15 is 0 Å². The van der Waals surface area contributed by atoms with E-state index in [9.17, 15) is 14.9 Å². The van der Waals surface area contributed by atoms with Crippen LogP contribution in [0, 0.1) is 10.1 Å². The van der Waals surface area contributed by atoms with Gasteiger partial charge in [0, 0.05) is 17.7 Å². The second kappa shape index (κ2) is 8.60. The van der Waals surface area contributed by atoms with Crippen molar-refractivity contribution >= 4 is 22.8 Å². The van der Waals surface area contributed by atoms with Crippen molar-refractivity contribution in [1.29, 1.82) is 0 Å². The van der Waals surface area contributed by atoms with Crippen molar-refractivity contribution in [3.8, 4) is 17.2 Å². The Hall–Kier alpha value is -4.53. The number of hydrogen-bond acceptors (Lipinski definition) is 8. The molecule has 1 aliphatic carbocycles. The molecule has 2 aliphatic heterocycles. The van der Waals surface area contributed by atoms with Crippen LogP contribution in [-0.4, -0.2) is 24.6 Å². The molecular weight excluding hydrogens is 462 g/mol. The molecule has 0 bridgehead atoms. The molecule has 3 aliphatic rings. The van der Waals surface area contributed by atoms with E-state index in [0.29, 0.717) is 35.5 Å². The van der Waals surface area contributed by atoms with Gasteiger partial charge in [-0.25, -0.2) is 0 Å². The monoisotopic (exact) mass is 485 g/mol. The zero-order valence-corrected chi connectivity index (χ0v) is 19.4. The van der Waals surface area contributed by atoms with E-state index in [1.807, 2.05) is 48.5 Å². The number of para-hydroxylation sites is 2. The molecule has 0 spiro atoms. The van der Waals surface area contributed by atoms with Gasteiger partial charge in [0.15, 0.2) is 17.3 Å². The molecule has 2 N–H and O–H groups in total. The lowest BCUT2D eigenvalue weighted by Crippen LogP contribution is -2.27. The smallest absolute Gasteiger partial charge is 0.279 e. The predicted molar refractivity (Wildman–Crippen MR) is 133 cm³/mol. The van der Waals surface area contributed by atoms with Crippen molar-refractivity contribution in [3.63, 3.8) is 0 Å². The first-order chi connectivity index (χ1) is 17.5. The molecule has 0 aromatic heterocycles. The van der Waals surface area contributed by atoms with Crippen LogP contribution in [0.2, 0.25) is 0 Å². The Kier molecular flexibility index (Phi) is 5.25. The highest BCUT2D eigenvalue weighted by molar-refractivity contribution is 6.01. The van der Waals surface area contributed by atoms with Gasteiger partial charge >= 0.3 is 0 Å². The zero-order chi connectivity index (χ0) is 24.8. The number of rotatable bonds is 4. The van der Waals surface area contributed by atoms with E-state index in [1.165, 1.54) is 6.07 Å². The van der Waals surface area contributed by atoms with Gasteiger partial charge in [0.2, 0.25) is 6.79 Å². The number of fused-ring (bicyclic) bond motifs is 2. The molecule has 0 fully saturated rings. The molecule has 0 radical (unpaired) electrons. The summed E-state index contributed by atoms with van der Waals surface area (Å²) in [5.41, 5.74) is 4.06. The minimum atomic E-state index is -0.740. The molecule has 0 unspecified atom stereocenters. The maximum Gasteiger partial charge on any atom is 0.279 e. The third-order valence-electron chi connectivity index (χ3n) is 6.93. The van der Waals surface area contributed by atoms with E-state index < -0.39 is 11.0 Å². The van der Waals surface area contributed by atoms with E-state index in [-0.39, 0.29) is 24.2 Å². The van der Waals surface area contributed by atoms with Crippen molar-refractivity contribution in [1.82, 2.24) is 0 Å². The van der Waals surface area contributed by atoms with Gasteiger partial charge in [-0.1, -0.05) is 24.3 Å². The number of allylic oxidation sites excluding steroid dienone is 1. The van der Waals surface area contributed by atoms with E-state index in [0.717, 1.165) is 28.4 Å². The highest BCUT2D eigenvalue weighted by atomic mass is 16.7. The van der Waals surface area contributed by atoms with E-state index in [1.54, 1.807) is 13.2 Å². The molecule has 9 heteroatoms. The Morgan fingerprint density at radius 2 is 1.72 bits per heavy atom. The maximum absolute atomic E-state index is 13.7. The fraction of sp³-hybridized carbons (Fsp3) is 0.222. The van der Waals surface area contributed by atoms with E-state index in [2.05, 4.69) is 10.6 Å². The van der Waals surface area contributed by atoms with Crippen molar-refractivity contribution in [3.05, 3.63) is 93.2 Å². The molecule has 0 amide bonds. The molecule has 6 rings (SSSR count). The summed E-state index contributed by atoms with van der Waals surface area (Å²) in [6.07, 6.45) is 0.873. The molecular formula is C27H23N3O6. The fourth-order valence-electron chi connectivity index (χ4n) is 5.17. The van der Waals surface area contributed by atoms with Gasteiger partial charge in [0.25, 0.3) is 5.69 Å². The number of carbonyl (C=O) groups is 1. The molecule has 36 heavy (non-hydrogen) atoms. The van der Waals surface area contributed by atoms with Crippen LogP contribution in [0.1, 0.15) is 35.9 Å². The predicted octanol–water partition coefficient (Wildman–Crippen LogP) is 5.31. The average molecular weight is 485 g/mol. The number of methoxy groups -OCH3 is 1. The summed E-state index contributed by atoms with van der Waals surface area (Å²) < 4.78 is 16.2. The number of nitro benzene ring substituents is 1. The Labute approximate surface area is 206 Å². The molecule has 0 saturated heterocycles. The summed E-state index contributed by atoms with van der Waals surface area (Å²) >= 11 is 0. The molecule has 3 aromatic carbocycles. The Bertz CT molecular complexity index is 1420. The van der Waals surface area contributed by atoms with Crippen LogP contribution in [0.25, 0.3) is 0 Å². The minimum Gasteiger partial charge on any atom is -0.497 e. The summed E-state index contributed by atoms with van der Waals surface area (Å²) in [5.74, 6) is 1.39. The number of carbonyl (C=O) groups excluding carboxylic acids is 1. The highest BCUT2D eigenvalue weighted by Gasteiger charge is 2.39. The van der Waals surface area contributed by atoms with E-state index in [4.69, 9.17) is 14.2 Å². The third kappa shape index (κ3) is 3.69. The van der Waals surface area contributed by atoms with Crippen molar-refractivity contribution in [2.45, 2.75) is 24.8 Å². The Morgan fingerprint density at radius 3 is 2.44 bits per heavy atom. The minimum absolute atomic E-state index is 0.00512. The number of nitrogens with one attached hydrogen (secondary N) is 2. The van der Waals surface area contributed by atoms with Gasteiger partial charge in [0.1, 0.15) is 5.75 Å². The lowest BCUT2D eigenvalue weighted by molar-refractivity contribution is -0.385. The Morgan fingerprint density at radius 1 is 1.00 bits per heavy atom. The zero-order valence-electron chi connectivity index (χ0n) is 19.4.